The van der Waals surface area contributed by atoms with E-state index in [1.807, 2.05) is 54.7 Å². The number of aromatic nitrogens is 2. The van der Waals surface area contributed by atoms with E-state index in [4.69, 9.17) is 35.4 Å². The number of nitrogens with zero attached hydrogens (tertiary/aromatic N) is 3. The molecule has 1 N–H and O–H groups in total. The fourth-order valence-corrected chi connectivity index (χ4v) is 5.18. The summed E-state index contributed by atoms with van der Waals surface area (Å²) in [6.45, 7) is 0. The summed E-state index contributed by atoms with van der Waals surface area (Å²) in [5.74, 6) is 0. The van der Waals surface area contributed by atoms with Gasteiger partial charge in [-0.3, -0.25) is 4.98 Å². The fraction of sp³-hybridized carbons (Fsp3) is 0.0833. The molecule has 0 unspecified atom stereocenters. The Bertz CT molecular complexity index is 1280. The van der Waals surface area contributed by atoms with Crippen LogP contribution in [0.3, 0.4) is 0 Å². The predicted molar refractivity (Wildman–Crippen MR) is 138 cm³/mol. The minimum absolute atomic E-state index is 0.146. The number of pyridine rings is 1. The smallest absolute Gasteiger partial charge is 0.174 e. The summed E-state index contributed by atoms with van der Waals surface area (Å²) < 4.78 is 3.09. The summed E-state index contributed by atoms with van der Waals surface area (Å²) in [5, 5.41) is 5.30. The van der Waals surface area contributed by atoms with E-state index in [0.717, 1.165) is 27.2 Å². The van der Waals surface area contributed by atoms with Crippen LogP contribution in [0, 0.1) is 0 Å². The molecule has 0 spiro atoms. The van der Waals surface area contributed by atoms with Crippen LogP contribution in [-0.2, 0) is 0 Å². The Balaban J connectivity index is 1.68. The van der Waals surface area contributed by atoms with E-state index < -0.39 is 0 Å². The lowest BCUT2D eigenvalue weighted by atomic mass is 10.0. The summed E-state index contributed by atoms with van der Waals surface area (Å²) in [4.78, 5) is 6.76. The van der Waals surface area contributed by atoms with Gasteiger partial charge in [-0.05, 0) is 78.9 Å². The third-order valence-electron chi connectivity index (χ3n) is 5.46. The molecule has 4 nitrogen and oxygen atoms in total. The Labute approximate surface area is 209 Å². The molecule has 3 heterocycles. The lowest BCUT2D eigenvalue weighted by Gasteiger charge is -2.29. The van der Waals surface area contributed by atoms with Gasteiger partial charge in [-0.25, -0.2) is 0 Å². The molecule has 2 aromatic heterocycles. The van der Waals surface area contributed by atoms with Crippen LogP contribution in [0.25, 0.3) is 5.69 Å². The number of thiocarbonyl (C=S) groups is 1. The van der Waals surface area contributed by atoms with Gasteiger partial charge in [-0.15, -0.1) is 0 Å². The number of nitrogens with one attached hydrogen (secondary N) is 1. The number of hydrogen-bond acceptors (Lipinski definition) is 2. The second-order valence-electron chi connectivity index (χ2n) is 7.37. The molecular weight excluding hydrogens is 527 g/mol. The molecule has 8 heteroatoms. The Kier molecular flexibility index (Phi) is 5.95. The third-order valence-corrected chi connectivity index (χ3v) is 6.84. The molecule has 1 aliphatic rings. The number of benzene rings is 2. The second-order valence-corrected chi connectivity index (χ2v) is 9.52. The van der Waals surface area contributed by atoms with Gasteiger partial charge in [0.05, 0.1) is 22.4 Å². The first-order valence-electron chi connectivity index (χ1n) is 9.92. The number of rotatable bonds is 4. The van der Waals surface area contributed by atoms with Crippen LogP contribution in [-0.4, -0.2) is 14.7 Å². The van der Waals surface area contributed by atoms with Gasteiger partial charge in [0.15, 0.2) is 5.11 Å². The van der Waals surface area contributed by atoms with Gasteiger partial charge in [0.25, 0.3) is 0 Å². The first kappa shape index (κ1) is 21.5. The standard InChI is InChI=1S/C24H17BrCl2N4S/c25-15-6-9-17(10-7-15)31-23(22(29-24(31)32)19-4-1-2-12-28-19)21-5-3-13-30(21)20-11-8-16(26)14-18(20)27/h1-14,22-23H,(H,29,32)/t22-,23+/m0/s1. The number of anilines is 1. The molecule has 1 fully saturated rings. The molecular formula is C24H17BrCl2N4S. The van der Waals surface area contributed by atoms with Crippen LogP contribution in [0.5, 0.6) is 0 Å². The lowest BCUT2D eigenvalue weighted by molar-refractivity contribution is 0.549. The molecule has 0 radical (unpaired) electrons. The minimum atomic E-state index is -0.152. The molecule has 0 aliphatic carbocycles. The first-order valence-corrected chi connectivity index (χ1v) is 11.9. The molecule has 0 bridgehead atoms. The van der Waals surface area contributed by atoms with E-state index in [9.17, 15) is 0 Å². The van der Waals surface area contributed by atoms with Gasteiger partial charge >= 0.3 is 0 Å². The average molecular weight is 544 g/mol. The van der Waals surface area contributed by atoms with Crippen molar-refractivity contribution in [3.05, 3.63) is 111 Å². The van der Waals surface area contributed by atoms with Crippen LogP contribution in [0.15, 0.2) is 89.7 Å². The van der Waals surface area contributed by atoms with Gasteiger partial charge in [-0.1, -0.05) is 45.2 Å². The highest BCUT2D eigenvalue weighted by Gasteiger charge is 2.42. The van der Waals surface area contributed by atoms with Crippen LogP contribution in [0.1, 0.15) is 23.5 Å². The minimum Gasteiger partial charge on any atom is -0.351 e. The Morgan fingerprint density at radius 3 is 2.50 bits per heavy atom. The molecule has 2 atom stereocenters. The van der Waals surface area contributed by atoms with Crippen molar-refractivity contribution in [2.75, 3.05) is 4.90 Å². The molecule has 1 saturated heterocycles. The van der Waals surface area contributed by atoms with E-state index in [0.29, 0.717) is 15.2 Å². The van der Waals surface area contributed by atoms with Crippen LogP contribution in [0.2, 0.25) is 10.0 Å². The maximum absolute atomic E-state index is 6.57. The van der Waals surface area contributed by atoms with Gasteiger partial charge in [0.2, 0.25) is 0 Å². The quantitative estimate of drug-likeness (QED) is 0.278. The molecule has 4 aromatic rings. The van der Waals surface area contributed by atoms with E-state index in [-0.39, 0.29) is 12.1 Å². The Morgan fingerprint density at radius 2 is 1.78 bits per heavy atom. The van der Waals surface area contributed by atoms with Crippen molar-refractivity contribution in [3.63, 3.8) is 0 Å². The number of hydrogen-bond donors (Lipinski definition) is 1. The Hall–Kier alpha value is -2.38. The van der Waals surface area contributed by atoms with E-state index in [1.54, 1.807) is 12.3 Å². The normalized spacial score (nSPS) is 18.1. The summed E-state index contributed by atoms with van der Waals surface area (Å²) in [5.41, 5.74) is 3.78. The lowest BCUT2D eigenvalue weighted by Crippen LogP contribution is -2.30. The highest BCUT2D eigenvalue weighted by Crippen LogP contribution is 2.43. The maximum Gasteiger partial charge on any atom is 0.174 e. The van der Waals surface area contributed by atoms with Crippen molar-refractivity contribution in [1.29, 1.82) is 0 Å². The molecule has 5 rings (SSSR count). The van der Waals surface area contributed by atoms with Gasteiger partial charge in [-0.2, -0.15) is 0 Å². The topological polar surface area (TPSA) is 33.1 Å². The summed E-state index contributed by atoms with van der Waals surface area (Å²) in [7, 11) is 0. The zero-order valence-corrected chi connectivity index (χ0v) is 20.5. The molecule has 0 saturated carbocycles. The average Bonchev–Trinajstić information content (AvgIpc) is 3.39. The first-order chi connectivity index (χ1) is 15.5. The van der Waals surface area contributed by atoms with Gasteiger partial charge < -0.3 is 14.8 Å². The number of halogens is 3. The van der Waals surface area contributed by atoms with Crippen molar-refractivity contribution < 1.29 is 0 Å². The Morgan fingerprint density at radius 1 is 0.969 bits per heavy atom. The van der Waals surface area contributed by atoms with Crippen molar-refractivity contribution >= 4 is 62.1 Å². The monoisotopic (exact) mass is 542 g/mol. The zero-order valence-electron chi connectivity index (χ0n) is 16.6. The molecule has 2 aromatic carbocycles. The molecule has 160 valence electrons. The van der Waals surface area contributed by atoms with E-state index >= 15 is 0 Å². The van der Waals surface area contributed by atoms with Crippen molar-refractivity contribution in [3.8, 4) is 5.69 Å². The van der Waals surface area contributed by atoms with E-state index in [2.05, 4.69) is 53.9 Å². The van der Waals surface area contributed by atoms with Crippen LogP contribution < -0.4 is 10.2 Å². The molecule has 32 heavy (non-hydrogen) atoms. The van der Waals surface area contributed by atoms with Crippen LogP contribution >= 0.6 is 51.3 Å². The van der Waals surface area contributed by atoms with Gasteiger partial charge in [0.1, 0.15) is 6.04 Å². The van der Waals surface area contributed by atoms with Crippen LogP contribution in [0.4, 0.5) is 5.69 Å². The highest BCUT2D eigenvalue weighted by molar-refractivity contribution is 9.10. The summed E-state index contributed by atoms with van der Waals surface area (Å²) in [6, 6.07) is 23.4. The largest absolute Gasteiger partial charge is 0.351 e. The maximum atomic E-state index is 6.57. The van der Waals surface area contributed by atoms with Crippen molar-refractivity contribution in [2.45, 2.75) is 12.1 Å². The van der Waals surface area contributed by atoms with E-state index in [1.165, 1.54) is 0 Å². The molecule has 0 amide bonds. The predicted octanol–water partition coefficient (Wildman–Crippen LogP) is 7.12. The summed E-state index contributed by atoms with van der Waals surface area (Å²) in [6.07, 6.45) is 3.80. The van der Waals surface area contributed by atoms with Crippen molar-refractivity contribution in [1.82, 2.24) is 14.9 Å². The highest BCUT2D eigenvalue weighted by atomic mass is 79.9. The van der Waals surface area contributed by atoms with Gasteiger partial charge in [0, 0.05) is 33.3 Å². The second kappa shape index (κ2) is 8.87. The third kappa shape index (κ3) is 3.92. The van der Waals surface area contributed by atoms with Crippen molar-refractivity contribution in [2.24, 2.45) is 0 Å². The fourth-order valence-electron chi connectivity index (χ4n) is 4.07. The molecule has 1 aliphatic heterocycles. The SMILES string of the molecule is S=C1N[C@@H](c2ccccn2)[C@@H](c2cccn2-c2ccc(Cl)cc2Cl)N1c1ccc(Br)cc1. The zero-order chi connectivity index (χ0) is 22.2. The summed E-state index contributed by atoms with van der Waals surface area (Å²) >= 11 is 22.0.